The molecule has 1 aliphatic heterocycles. The Morgan fingerprint density at radius 1 is 0.638 bits per heavy atom. The zero-order valence-electron chi connectivity index (χ0n) is 28.0. The van der Waals surface area contributed by atoms with Gasteiger partial charge in [-0.2, -0.15) is 0 Å². The minimum atomic E-state index is -0.0564. The van der Waals surface area contributed by atoms with Gasteiger partial charge in [0.05, 0.1) is 0 Å². The highest BCUT2D eigenvalue weighted by atomic mass is 16.5. The van der Waals surface area contributed by atoms with Gasteiger partial charge in [0, 0.05) is 22.5 Å². The molecule has 1 heterocycles. The van der Waals surface area contributed by atoms with Crippen molar-refractivity contribution in [1.82, 2.24) is 0 Å². The molecule has 47 heavy (non-hydrogen) atoms. The number of aryl methyl sites for hydroxylation is 1. The van der Waals surface area contributed by atoms with Crippen LogP contribution in [0.3, 0.4) is 0 Å². The van der Waals surface area contributed by atoms with E-state index in [1.165, 1.54) is 82.5 Å². The second-order valence-electron chi connectivity index (χ2n) is 15.7. The van der Waals surface area contributed by atoms with E-state index in [2.05, 4.69) is 141 Å². The molecule has 2 fully saturated rings. The van der Waals surface area contributed by atoms with Crippen LogP contribution in [-0.2, 0) is 18.3 Å². The predicted molar refractivity (Wildman–Crippen MR) is 194 cm³/mol. The minimum absolute atomic E-state index is 0.0564. The number of hydrogen-bond acceptors (Lipinski definition) is 2. The summed E-state index contributed by atoms with van der Waals surface area (Å²) in [5.74, 6) is 4.47. The van der Waals surface area contributed by atoms with Crippen molar-refractivity contribution in [2.45, 2.75) is 71.1 Å². The molecule has 2 bridgehead atoms. The number of anilines is 3. The summed E-state index contributed by atoms with van der Waals surface area (Å²) in [4.78, 5) is 2.46. The van der Waals surface area contributed by atoms with E-state index in [0.29, 0.717) is 5.41 Å². The Labute approximate surface area is 280 Å². The molecule has 4 atom stereocenters. The lowest BCUT2D eigenvalue weighted by atomic mass is 9.64. The van der Waals surface area contributed by atoms with Gasteiger partial charge in [0.15, 0.2) is 0 Å². The third-order valence-corrected chi connectivity index (χ3v) is 12.3. The average molecular weight is 616 g/mol. The van der Waals surface area contributed by atoms with E-state index >= 15 is 0 Å². The number of rotatable bonds is 3. The van der Waals surface area contributed by atoms with Crippen LogP contribution in [0.2, 0.25) is 0 Å². The molecule has 5 aromatic carbocycles. The molecule has 9 rings (SSSR count). The molecule has 0 saturated heterocycles. The van der Waals surface area contributed by atoms with Crippen molar-refractivity contribution >= 4 is 17.1 Å². The minimum Gasteiger partial charge on any atom is -0.457 e. The molecule has 0 aromatic heterocycles. The maximum atomic E-state index is 6.88. The van der Waals surface area contributed by atoms with E-state index in [0.717, 1.165) is 42.1 Å². The summed E-state index contributed by atoms with van der Waals surface area (Å²) in [5.41, 5.74) is 12.1. The van der Waals surface area contributed by atoms with Gasteiger partial charge in [0.2, 0.25) is 0 Å². The van der Waals surface area contributed by atoms with Gasteiger partial charge >= 0.3 is 0 Å². The first kappa shape index (κ1) is 28.9. The van der Waals surface area contributed by atoms with Crippen molar-refractivity contribution in [3.8, 4) is 22.6 Å². The van der Waals surface area contributed by atoms with Crippen LogP contribution in [0.4, 0.5) is 17.1 Å². The molecule has 0 amide bonds. The lowest BCUT2D eigenvalue weighted by molar-refractivity contribution is 0.113. The normalized spacial score (nSPS) is 25.0. The quantitative estimate of drug-likeness (QED) is 0.200. The van der Waals surface area contributed by atoms with Gasteiger partial charge in [0.1, 0.15) is 11.5 Å². The Morgan fingerprint density at radius 2 is 1.36 bits per heavy atom. The van der Waals surface area contributed by atoms with Crippen molar-refractivity contribution in [3.05, 3.63) is 138 Å². The summed E-state index contributed by atoms with van der Waals surface area (Å²) < 4.78 is 6.88. The molecule has 0 radical (unpaired) electrons. The molecule has 5 aromatic rings. The molecule has 4 aliphatic rings. The topological polar surface area (TPSA) is 12.5 Å². The monoisotopic (exact) mass is 615 g/mol. The first-order valence-electron chi connectivity index (χ1n) is 17.9. The number of fused-ring (bicyclic) bond motifs is 6. The van der Waals surface area contributed by atoms with Gasteiger partial charge in [-0.1, -0.05) is 87.5 Å². The maximum absolute atomic E-state index is 6.88. The summed E-state index contributed by atoms with van der Waals surface area (Å²) in [6.45, 7) is 7.25. The van der Waals surface area contributed by atoms with Crippen LogP contribution in [0.25, 0.3) is 11.1 Å². The van der Waals surface area contributed by atoms with Gasteiger partial charge in [-0.05, 0) is 150 Å². The second-order valence-corrected chi connectivity index (χ2v) is 15.7. The first-order valence-corrected chi connectivity index (χ1v) is 17.9. The van der Waals surface area contributed by atoms with E-state index in [4.69, 9.17) is 4.74 Å². The molecule has 2 heteroatoms. The zero-order valence-corrected chi connectivity index (χ0v) is 28.0. The SMILES string of the molecule is C[C@H]1C[C@H]2CC3CCc4ccccc4Oc4ccc(N(c5ccccc5)c5ccc6c(c5)C(C)(C)c5ccccc5-6)cc4C[C@@]3(C1)C2. The molecule has 0 N–H and O–H groups in total. The van der Waals surface area contributed by atoms with Crippen LogP contribution in [0, 0.1) is 23.2 Å². The maximum Gasteiger partial charge on any atom is 0.130 e. The third kappa shape index (κ3) is 4.74. The molecule has 236 valence electrons. The Bertz CT molecular complexity index is 1970. The third-order valence-electron chi connectivity index (χ3n) is 12.3. The van der Waals surface area contributed by atoms with Crippen LogP contribution in [0.1, 0.15) is 75.1 Å². The summed E-state index contributed by atoms with van der Waals surface area (Å²) in [5, 5.41) is 0. The fourth-order valence-electron chi connectivity index (χ4n) is 10.4. The number of nitrogens with zero attached hydrogens (tertiary/aromatic N) is 1. The highest BCUT2D eigenvalue weighted by molar-refractivity contribution is 5.85. The Hall–Kier alpha value is -4.30. The van der Waals surface area contributed by atoms with E-state index in [-0.39, 0.29) is 5.41 Å². The first-order chi connectivity index (χ1) is 22.9. The summed E-state index contributed by atoms with van der Waals surface area (Å²) in [7, 11) is 0. The summed E-state index contributed by atoms with van der Waals surface area (Å²) >= 11 is 0. The molecule has 2 nitrogen and oxygen atoms in total. The zero-order chi connectivity index (χ0) is 31.8. The second kappa shape index (κ2) is 10.9. The fourth-order valence-corrected chi connectivity index (χ4v) is 10.4. The van der Waals surface area contributed by atoms with Crippen molar-refractivity contribution in [1.29, 1.82) is 0 Å². The Kier molecular flexibility index (Phi) is 6.68. The van der Waals surface area contributed by atoms with Gasteiger partial charge in [-0.25, -0.2) is 0 Å². The highest BCUT2D eigenvalue weighted by Crippen LogP contribution is 2.60. The van der Waals surface area contributed by atoms with Gasteiger partial charge in [-0.15, -0.1) is 0 Å². The fraction of sp³-hybridized carbons (Fsp3) is 0.333. The van der Waals surface area contributed by atoms with E-state index in [9.17, 15) is 0 Å². The molecule has 2 saturated carbocycles. The number of hydrogen-bond donors (Lipinski definition) is 0. The van der Waals surface area contributed by atoms with Crippen LogP contribution in [-0.4, -0.2) is 0 Å². The smallest absolute Gasteiger partial charge is 0.130 e. The van der Waals surface area contributed by atoms with Crippen LogP contribution in [0.15, 0.2) is 115 Å². The Morgan fingerprint density at radius 3 is 2.26 bits per heavy atom. The number of para-hydroxylation sites is 2. The van der Waals surface area contributed by atoms with E-state index in [1.54, 1.807) is 0 Å². The molecule has 1 unspecified atom stereocenters. The molecule has 1 spiro atoms. The predicted octanol–water partition coefficient (Wildman–Crippen LogP) is 12.2. The summed E-state index contributed by atoms with van der Waals surface area (Å²) in [6.07, 6.45) is 8.97. The van der Waals surface area contributed by atoms with Gasteiger partial charge in [0.25, 0.3) is 0 Å². The van der Waals surface area contributed by atoms with Crippen molar-refractivity contribution < 1.29 is 4.74 Å². The summed E-state index contributed by atoms with van der Waals surface area (Å²) in [6, 6.07) is 42.7. The van der Waals surface area contributed by atoms with Crippen molar-refractivity contribution in [2.75, 3.05) is 4.90 Å². The number of ether oxygens (including phenoxy) is 1. The average Bonchev–Trinajstić information content (AvgIpc) is 3.47. The lowest BCUT2D eigenvalue weighted by Crippen LogP contribution is -2.33. The molecule has 3 aliphatic carbocycles. The van der Waals surface area contributed by atoms with Crippen molar-refractivity contribution in [2.24, 2.45) is 23.2 Å². The van der Waals surface area contributed by atoms with Crippen LogP contribution < -0.4 is 9.64 Å². The molecular weight excluding hydrogens is 571 g/mol. The van der Waals surface area contributed by atoms with Crippen molar-refractivity contribution in [3.63, 3.8) is 0 Å². The van der Waals surface area contributed by atoms with Crippen LogP contribution in [0.5, 0.6) is 11.5 Å². The highest BCUT2D eigenvalue weighted by Gasteiger charge is 2.51. The lowest BCUT2D eigenvalue weighted by Gasteiger charge is -2.41. The van der Waals surface area contributed by atoms with Gasteiger partial charge < -0.3 is 9.64 Å². The Balaban J connectivity index is 1.19. The van der Waals surface area contributed by atoms with Crippen LogP contribution >= 0.6 is 0 Å². The molecular formula is C45H45NO. The van der Waals surface area contributed by atoms with E-state index in [1.807, 2.05) is 0 Å². The van der Waals surface area contributed by atoms with Gasteiger partial charge in [-0.3, -0.25) is 0 Å². The number of benzene rings is 5. The standard InChI is InChI=1S/C45H45NO/c1-30-23-31-24-34-18-17-32-11-7-10-16-42(32)47-43-22-20-36(25-33(43)29-45(34,27-30)28-31)46(35-12-5-4-6-13-35)37-19-21-39-38-14-8-9-15-40(38)44(2,3)41(39)26-37/h4-16,19-22,25-26,30-31,34H,17-18,23-24,27-29H2,1-3H3/t30-,31-,34?,45+/m0/s1. The largest absolute Gasteiger partial charge is 0.457 e. The van der Waals surface area contributed by atoms with E-state index < -0.39 is 0 Å².